The molecule has 2 aromatic rings. The lowest BCUT2D eigenvalue weighted by molar-refractivity contribution is -0.295. The van der Waals surface area contributed by atoms with E-state index in [1.807, 2.05) is 0 Å². The summed E-state index contributed by atoms with van der Waals surface area (Å²) >= 11 is 0. The standard InChI is InChI=1S/C28H35NO5/c1-24(2,31)23-20(30)15-21-27(32)11-10-16-14-18-17-8-6-7-9-19(17)29-22(18)26(16,4)25(27,3)12-13-28(21,33-5)34-23/h6-9,15-16,23,29,31-32H,10-14H2,1-5H3/t16-,23-,25+,26+,27+,28-/m0/s1. The molecule has 3 aliphatic carbocycles. The number of carbonyl (C=O) groups is 1. The number of hydrogen-bond acceptors (Lipinski definition) is 5. The largest absolute Gasteiger partial charge is 0.387 e. The van der Waals surface area contributed by atoms with E-state index < -0.39 is 28.5 Å². The van der Waals surface area contributed by atoms with Crippen molar-refractivity contribution < 1.29 is 24.5 Å². The molecule has 0 radical (unpaired) electrons. The predicted molar refractivity (Wildman–Crippen MR) is 128 cm³/mol. The Balaban J connectivity index is 1.53. The first-order chi connectivity index (χ1) is 15.9. The Morgan fingerprint density at radius 3 is 2.62 bits per heavy atom. The first-order valence-corrected chi connectivity index (χ1v) is 12.5. The molecule has 4 aliphatic rings. The minimum Gasteiger partial charge on any atom is -0.387 e. The van der Waals surface area contributed by atoms with Gasteiger partial charge < -0.3 is 24.7 Å². The molecule has 3 N–H and O–H groups in total. The second-order valence-corrected chi connectivity index (χ2v) is 11.9. The van der Waals surface area contributed by atoms with Crippen molar-refractivity contribution in [1.29, 1.82) is 0 Å². The highest BCUT2D eigenvalue weighted by Gasteiger charge is 2.73. The number of benzene rings is 1. The van der Waals surface area contributed by atoms with Gasteiger partial charge in [0.25, 0.3) is 0 Å². The smallest absolute Gasteiger partial charge is 0.194 e. The lowest BCUT2D eigenvalue weighted by atomic mass is 9.42. The average molecular weight is 466 g/mol. The number of aromatic nitrogens is 1. The molecule has 0 amide bonds. The Kier molecular flexibility index (Phi) is 4.37. The number of carbonyl (C=O) groups excluding carboxylic acids is 1. The number of nitrogens with one attached hydrogen (secondary N) is 1. The molecule has 34 heavy (non-hydrogen) atoms. The summed E-state index contributed by atoms with van der Waals surface area (Å²) in [6.07, 6.45) is 4.05. The van der Waals surface area contributed by atoms with Crippen LogP contribution >= 0.6 is 0 Å². The predicted octanol–water partition coefficient (Wildman–Crippen LogP) is 3.93. The zero-order chi connectivity index (χ0) is 24.3. The summed E-state index contributed by atoms with van der Waals surface area (Å²) in [6, 6.07) is 8.44. The third-order valence-electron chi connectivity index (χ3n) is 10.1. The summed E-state index contributed by atoms with van der Waals surface area (Å²) in [5, 5.41) is 24.5. The SMILES string of the molecule is CO[C@]12CC[C@@]3(C)[C@@](O)(CC[C@H]4Cc5c([nH]c6ccccc56)[C@@]43C)C1=CC(=O)[C@@H](C(C)(C)O)O2. The number of aliphatic hydroxyl groups is 2. The van der Waals surface area contributed by atoms with Crippen molar-refractivity contribution in [3.05, 3.63) is 47.2 Å². The highest BCUT2D eigenvalue weighted by atomic mass is 16.7. The average Bonchev–Trinajstić information content (AvgIpc) is 3.30. The van der Waals surface area contributed by atoms with Crippen molar-refractivity contribution in [2.24, 2.45) is 11.3 Å². The summed E-state index contributed by atoms with van der Waals surface area (Å²) in [7, 11) is 1.57. The summed E-state index contributed by atoms with van der Waals surface area (Å²) in [4.78, 5) is 16.9. The highest BCUT2D eigenvalue weighted by molar-refractivity contribution is 5.96. The maximum absolute atomic E-state index is 13.2. The van der Waals surface area contributed by atoms with Crippen molar-refractivity contribution in [3.63, 3.8) is 0 Å². The van der Waals surface area contributed by atoms with Crippen LogP contribution in [0.15, 0.2) is 35.9 Å². The second-order valence-electron chi connectivity index (χ2n) is 11.9. The van der Waals surface area contributed by atoms with Gasteiger partial charge in [0.15, 0.2) is 17.7 Å². The van der Waals surface area contributed by atoms with Crippen LogP contribution in [0.4, 0.5) is 0 Å². The number of hydrogen-bond donors (Lipinski definition) is 3. The van der Waals surface area contributed by atoms with Gasteiger partial charge in [-0.2, -0.15) is 0 Å². The van der Waals surface area contributed by atoms with Crippen molar-refractivity contribution in [1.82, 2.24) is 4.98 Å². The van der Waals surface area contributed by atoms with Gasteiger partial charge >= 0.3 is 0 Å². The fourth-order valence-electron chi connectivity index (χ4n) is 8.05. The molecule has 6 nitrogen and oxygen atoms in total. The summed E-state index contributed by atoms with van der Waals surface area (Å²) < 4.78 is 12.2. The van der Waals surface area contributed by atoms with E-state index in [0.29, 0.717) is 30.8 Å². The maximum atomic E-state index is 13.2. The van der Waals surface area contributed by atoms with Crippen LogP contribution in [-0.4, -0.2) is 51.2 Å². The molecular weight excluding hydrogens is 430 g/mol. The number of ether oxygens (including phenoxy) is 2. The summed E-state index contributed by atoms with van der Waals surface area (Å²) in [5.74, 6) is -1.14. The number of para-hydroxylation sites is 1. The topological polar surface area (TPSA) is 91.8 Å². The number of fused-ring (bicyclic) bond motifs is 9. The third kappa shape index (κ3) is 2.43. The molecule has 0 saturated heterocycles. The summed E-state index contributed by atoms with van der Waals surface area (Å²) in [6.45, 7) is 7.63. The Morgan fingerprint density at radius 1 is 1.18 bits per heavy atom. The minimum absolute atomic E-state index is 0.300. The highest BCUT2D eigenvalue weighted by Crippen LogP contribution is 2.70. The van der Waals surface area contributed by atoms with E-state index in [9.17, 15) is 15.0 Å². The fraction of sp³-hybridized carbons (Fsp3) is 0.607. The molecular formula is C28H35NO5. The van der Waals surface area contributed by atoms with Crippen LogP contribution in [0.5, 0.6) is 0 Å². The molecule has 2 saturated carbocycles. The van der Waals surface area contributed by atoms with Crippen molar-refractivity contribution in [3.8, 4) is 0 Å². The van der Waals surface area contributed by atoms with Gasteiger partial charge in [0.1, 0.15) is 0 Å². The van der Waals surface area contributed by atoms with Crippen LogP contribution in [0, 0.1) is 11.3 Å². The van der Waals surface area contributed by atoms with Crippen LogP contribution in [0.2, 0.25) is 0 Å². The Hall–Kier alpha value is -1.99. The molecule has 6 heteroatoms. The van der Waals surface area contributed by atoms with Crippen LogP contribution < -0.4 is 0 Å². The van der Waals surface area contributed by atoms with Crippen LogP contribution in [0.1, 0.15) is 64.6 Å². The van der Waals surface area contributed by atoms with E-state index in [2.05, 4.69) is 43.1 Å². The van der Waals surface area contributed by atoms with Gasteiger partial charge in [-0.05, 0) is 63.2 Å². The van der Waals surface area contributed by atoms with Crippen molar-refractivity contribution >= 4 is 16.7 Å². The fourth-order valence-corrected chi connectivity index (χ4v) is 8.05. The van der Waals surface area contributed by atoms with E-state index in [1.54, 1.807) is 21.0 Å². The second kappa shape index (κ2) is 6.61. The third-order valence-corrected chi connectivity index (χ3v) is 10.1. The zero-order valence-electron chi connectivity index (χ0n) is 20.7. The summed E-state index contributed by atoms with van der Waals surface area (Å²) in [5.41, 5.74) is 0.778. The molecule has 1 aromatic heterocycles. The first kappa shape index (κ1) is 22.5. The quantitative estimate of drug-likeness (QED) is 0.625. The minimum atomic E-state index is -1.36. The van der Waals surface area contributed by atoms with Gasteiger partial charge in [0, 0.05) is 46.5 Å². The first-order valence-electron chi connectivity index (χ1n) is 12.5. The molecule has 6 atom stereocenters. The molecule has 2 fully saturated rings. The number of aromatic amines is 1. The van der Waals surface area contributed by atoms with Crippen molar-refractivity contribution in [2.75, 3.05) is 7.11 Å². The lowest BCUT2D eigenvalue weighted by Gasteiger charge is -2.66. The van der Waals surface area contributed by atoms with Crippen LogP contribution in [0.3, 0.4) is 0 Å². The van der Waals surface area contributed by atoms with Crippen molar-refractivity contribution in [2.45, 2.75) is 88.3 Å². The molecule has 1 aromatic carbocycles. The van der Waals surface area contributed by atoms with E-state index in [-0.39, 0.29) is 11.2 Å². The molecule has 0 unspecified atom stereocenters. The van der Waals surface area contributed by atoms with Gasteiger partial charge in [-0.3, -0.25) is 4.79 Å². The molecule has 1 aliphatic heterocycles. The van der Waals surface area contributed by atoms with E-state index >= 15 is 0 Å². The lowest BCUT2D eigenvalue weighted by Crippen LogP contribution is -2.71. The molecule has 0 bridgehead atoms. The zero-order valence-corrected chi connectivity index (χ0v) is 20.7. The number of H-pyrrole nitrogens is 1. The normalized spacial score (nSPS) is 41.5. The Morgan fingerprint density at radius 2 is 1.91 bits per heavy atom. The van der Waals surface area contributed by atoms with Gasteiger partial charge in [0.2, 0.25) is 0 Å². The van der Waals surface area contributed by atoms with Gasteiger partial charge in [-0.15, -0.1) is 0 Å². The van der Waals surface area contributed by atoms with E-state index in [4.69, 9.17) is 9.47 Å². The number of methoxy groups -OCH3 is 1. The number of rotatable bonds is 2. The van der Waals surface area contributed by atoms with Gasteiger partial charge in [-0.25, -0.2) is 0 Å². The van der Waals surface area contributed by atoms with E-state index in [1.165, 1.54) is 22.7 Å². The number of ketones is 1. The maximum Gasteiger partial charge on any atom is 0.194 e. The van der Waals surface area contributed by atoms with Crippen LogP contribution in [-0.2, 0) is 26.1 Å². The van der Waals surface area contributed by atoms with Gasteiger partial charge in [-0.1, -0.05) is 32.0 Å². The van der Waals surface area contributed by atoms with Gasteiger partial charge in [0.05, 0.1) is 11.2 Å². The monoisotopic (exact) mass is 465 g/mol. The van der Waals surface area contributed by atoms with Crippen LogP contribution in [0.25, 0.3) is 10.9 Å². The molecule has 0 spiro atoms. The molecule has 6 rings (SSSR count). The van der Waals surface area contributed by atoms with E-state index in [0.717, 1.165) is 18.4 Å². The molecule has 2 heterocycles. The molecule has 182 valence electrons. The Labute approximate surface area is 200 Å². The Bertz CT molecular complexity index is 1240.